The normalized spacial score (nSPS) is 39.3. The minimum absolute atomic E-state index is 0.00991. The maximum absolute atomic E-state index is 15.7. The lowest BCUT2D eigenvalue weighted by Crippen LogP contribution is -2.37. The summed E-state index contributed by atoms with van der Waals surface area (Å²) < 4.78 is 85.6. The molecule has 3 aliphatic heterocycles. The lowest BCUT2D eigenvalue weighted by molar-refractivity contribution is -0.0574. The van der Waals surface area contributed by atoms with Crippen molar-refractivity contribution in [2.45, 2.75) is 49.2 Å². The number of nitrogens with one attached hydrogen (secondary N) is 1. The first-order valence-electron chi connectivity index (χ1n) is 12.0. The van der Waals surface area contributed by atoms with Crippen molar-refractivity contribution in [1.82, 2.24) is 29.1 Å². The minimum atomic E-state index is -5.17. The number of aromatic nitrogens is 6. The number of fused-ring (bicyclic) bond motifs is 5. The second-order valence-electron chi connectivity index (χ2n) is 9.29. The quantitative estimate of drug-likeness (QED) is 0.269. The highest BCUT2D eigenvalue weighted by Crippen LogP contribution is 2.60. The molecule has 2 unspecified atom stereocenters. The molecule has 42 heavy (non-hydrogen) atoms. The van der Waals surface area contributed by atoms with Crippen LogP contribution in [-0.4, -0.2) is 88.0 Å². The molecule has 0 aliphatic carbocycles. The van der Waals surface area contributed by atoms with Crippen molar-refractivity contribution >= 4 is 43.0 Å². The molecule has 3 aromatic rings. The van der Waals surface area contributed by atoms with Crippen LogP contribution in [0.4, 0.5) is 14.6 Å². The topological polar surface area (TPSA) is 245 Å². The van der Waals surface area contributed by atoms with Gasteiger partial charge in [0.05, 0.1) is 12.9 Å². The zero-order chi connectivity index (χ0) is 30.0. The molecule has 3 aliphatic rings. The smallest absolute Gasteiger partial charge is 0.382 e. The SMILES string of the molecule is Nc1ncnc2c1ncn2[C@@H]1O[C@@H]2CSP(=O)(O)O[C@@H]3[C@H](F)[C@@H](COP(=O)(O)O[C@@H]1[C@@H]2F)O[C@H]3n1ccc(=O)[nH]c1=O. The number of nitrogen functional groups attached to an aromatic ring is 1. The van der Waals surface area contributed by atoms with Crippen LogP contribution in [-0.2, 0) is 32.2 Å². The van der Waals surface area contributed by atoms with Gasteiger partial charge in [0.2, 0.25) is 0 Å². The van der Waals surface area contributed by atoms with Crippen LogP contribution in [0.2, 0.25) is 0 Å². The highest BCUT2D eigenvalue weighted by atomic mass is 32.7. The van der Waals surface area contributed by atoms with Crippen molar-refractivity contribution in [1.29, 1.82) is 0 Å². The summed E-state index contributed by atoms with van der Waals surface area (Å²) in [5, 5.41) is 0. The van der Waals surface area contributed by atoms with Gasteiger partial charge in [-0.05, 0) is 11.4 Å². The average Bonchev–Trinajstić information content (AvgIpc) is 3.57. The number of hydrogen-bond acceptors (Lipinski definition) is 14. The maximum Gasteiger partial charge on any atom is 0.472 e. The number of rotatable bonds is 2. The van der Waals surface area contributed by atoms with Gasteiger partial charge in [0.1, 0.15) is 36.3 Å². The fourth-order valence-corrected chi connectivity index (χ4v) is 8.32. The number of imidazole rings is 1. The van der Waals surface area contributed by atoms with Crippen molar-refractivity contribution in [3.63, 3.8) is 0 Å². The largest absolute Gasteiger partial charge is 0.472 e. The van der Waals surface area contributed by atoms with E-state index in [-0.39, 0.29) is 28.4 Å². The van der Waals surface area contributed by atoms with E-state index in [0.29, 0.717) is 4.57 Å². The Labute approximate surface area is 236 Å². The maximum atomic E-state index is 15.7. The first-order chi connectivity index (χ1) is 19.8. The fourth-order valence-electron chi connectivity index (χ4n) is 4.72. The molecule has 4 bridgehead atoms. The van der Waals surface area contributed by atoms with Gasteiger partial charge in [-0.3, -0.25) is 32.5 Å². The summed E-state index contributed by atoms with van der Waals surface area (Å²) in [5.41, 5.74) is 4.16. The van der Waals surface area contributed by atoms with Gasteiger partial charge in [0, 0.05) is 18.0 Å². The van der Waals surface area contributed by atoms with Crippen molar-refractivity contribution in [3.05, 3.63) is 45.8 Å². The molecule has 228 valence electrons. The molecule has 10 atom stereocenters. The molecule has 6 rings (SSSR count). The number of H-pyrrole nitrogens is 1. The van der Waals surface area contributed by atoms with E-state index in [1.165, 1.54) is 4.57 Å². The number of nitrogens with zero attached hydrogens (tertiary/aromatic N) is 5. The highest BCUT2D eigenvalue weighted by Gasteiger charge is 2.54. The van der Waals surface area contributed by atoms with Crippen LogP contribution in [0.5, 0.6) is 0 Å². The van der Waals surface area contributed by atoms with Crippen molar-refractivity contribution in [2.24, 2.45) is 0 Å². The molecule has 0 amide bonds. The van der Waals surface area contributed by atoms with E-state index in [9.17, 15) is 28.5 Å². The lowest BCUT2D eigenvalue weighted by Gasteiger charge is -2.24. The summed E-state index contributed by atoms with van der Waals surface area (Å²) in [4.78, 5) is 58.7. The summed E-state index contributed by atoms with van der Waals surface area (Å²) in [6, 6.07) is 0.917. The van der Waals surface area contributed by atoms with Crippen LogP contribution in [0.15, 0.2) is 34.5 Å². The molecule has 23 heteroatoms. The lowest BCUT2D eigenvalue weighted by atomic mass is 10.1. The standard InChI is InChI=1S/C19H21F2N7O11P2S/c20-10-7-3-35-40(31,32)38-13-11(21)8(37-18(13)28-6-25-12-15(22)23-5-24-16(12)28)4-42-41(33,34)39-14(10)17(36-7)27-2-1-9(29)26-19(27)30/h1-2,5-8,10-11,13-14,17-18H,3-4H2,(H,31,32)(H,33,34)(H2,22,23,24)(H,26,29,30)/t7-,8-,10-,11-,13-,14-,17-,18-/m1/s1. The predicted molar refractivity (Wildman–Crippen MR) is 136 cm³/mol. The third kappa shape index (κ3) is 5.45. The number of phosphoric ester groups is 1. The van der Waals surface area contributed by atoms with E-state index >= 15 is 8.78 Å². The molecular formula is C19H21F2N7O11P2S. The summed E-state index contributed by atoms with van der Waals surface area (Å²) in [5.74, 6) is -0.590. The summed E-state index contributed by atoms with van der Waals surface area (Å²) in [7, 11) is -5.17. The number of anilines is 1. The number of ether oxygens (including phenoxy) is 2. The zero-order valence-corrected chi connectivity index (χ0v) is 23.4. The van der Waals surface area contributed by atoms with E-state index in [1.54, 1.807) is 0 Å². The van der Waals surface area contributed by atoms with Gasteiger partial charge in [0.15, 0.2) is 36.3 Å². The Balaban J connectivity index is 1.34. The van der Waals surface area contributed by atoms with Crippen LogP contribution >= 0.6 is 26.0 Å². The third-order valence-electron chi connectivity index (χ3n) is 6.63. The highest BCUT2D eigenvalue weighted by molar-refractivity contribution is 8.54. The fraction of sp³-hybridized carbons (Fsp3) is 0.526. The summed E-state index contributed by atoms with van der Waals surface area (Å²) >= 11 is 0.185. The van der Waals surface area contributed by atoms with E-state index in [4.69, 9.17) is 28.8 Å². The second-order valence-corrected chi connectivity index (χ2v) is 14.6. The van der Waals surface area contributed by atoms with E-state index in [1.807, 2.05) is 4.98 Å². The van der Waals surface area contributed by atoms with E-state index < -0.39 is 87.4 Å². The van der Waals surface area contributed by atoms with Crippen molar-refractivity contribution in [2.75, 3.05) is 18.1 Å². The molecule has 0 radical (unpaired) electrons. The molecule has 5 N–H and O–H groups in total. The summed E-state index contributed by atoms with van der Waals surface area (Å²) in [6.45, 7) is -5.82. The predicted octanol–water partition coefficient (Wildman–Crippen LogP) is 0.164. The molecule has 6 heterocycles. The Bertz CT molecular complexity index is 1730. The Kier molecular flexibility index (Phi) is 7.62. The second kappa shape index (κ2) is 10.8. The molecule has 0 spiro atoms. The van der Waals surface area contributed by atoms with Crippen LogP contribution in [0.1, 0.15) is 12.5 Å². The molecular weight excluding hydrogens is 634 g/mol. The minimum Gasteiger partial charge on any atom is -0.382 e. The van der Waals surface area contributed by atoms with Crippen LogP contribution < -0.4 is 17.0 Å². The van der Waals surface area contributed by atoms with Gasteiger partial charge < -0.3 is 25.0 Å². The zero-order valence-electron chi connectivity index (χ0n) is 20.8. The molecule has 0 aromatic carbocycles. The Morgan fingerprint density at radius 3 is 2.48 bits per heavy atom. The first kappa shape index (κ1) is 29.5. The van der Waals surface area contributed by atoms with Gasteiger partial charge in [-0.2, -0.15) is 0 Å². The molecule has 3 fully saturated rings. The van der Waals surface area contributed by atoms with Gasteiger partial charge >= 0.3 is 20.3 Å². The number of hydrogen-bond donors (Lipinski definition) is 4. The van der Waals surface area contributed by atoms with Crippen molar-refractivity contribution < 1.29 is 50.7 Å². The Morgan fingerprint density at radius 2 is 1.71 bits per heavy atom. The van der Waals surface area contributed by atoms with Gasteiger partial charge in [-0.15, -0.1) is 0 Å². The Hall–Kier alpha value is -2.58. The van der Waals surface area contributed by atoms with E-state index in [0.717, 1.165) is 24.9 Å². The number of halogens is 2. The average molecular weight is 655 g/mol. The van der Waals surface area contributed by atoms with Crippen LogP contribution in [0, 0.1) is 0 Å². The van der Waals surface area contributed by atoms with Gasteiger partial charge in [-0.25, -0.2) is 37.7 Å². The number of aromatic amines is 1. The summed E-state index contributed by atoms with van der Waals surface area (Å²) in [6.07, 6.45) is -11.5. The molecule has 3 aromatic heterocycles. The van der Waals surface area contributed by atoms with Gasteiger partial charge in [-0.1, -0.05) is 0 Å². The molecule has 3 saturated heterocycles. The van der Waals surface area contributed by atoms with Crippen LogP contribution in [0.25, 0.3) is 11.2 Å². The monoisotopic (exact) mass is 655 g/mol. The van der Waals surface area contributed by atoms with Gasteiger partial charge in [0.25, 0.3) is 5.56 Å². The third-order valence-corrected chi connectivity index (χ3v) is 10.6. The number of nitrogens with two attached hydrogens (primary N) is 1. The molecule has 0 saturated carbocycles. The Morgan fingerprint density at radius 1 is 1.02 bits per heavy atom. The number of phosphoric acid groups is 1. The first-order valence-corrected chi connectivity index (χ1v) is 16.6. The van der Waals surface area contributed by atoms with Crippen molar-refractivity contribution in [3.8, 4) is 0 Å². The number of alkyl halides is 2. The van der Waals surface area contributed by atoms with Crippen LogP contribution in [0.3, 0.4) is 0 Å². The molecule has 18 nitrogen and oxygen atoms in total. The van der Waals surface area contributed by atoms with E-state index in [2.05, 4.69) is 15.0 Å².